The van der Waals surface area contributed by atoms with E-state index in [1.165, 1.54) is 61.8 Å². The fourth-order valence-electron chi connectivity index (χ4n) is 11.4. The predicted octanol–water partition coefficient (Wildman–Crippen LogP) is 13.9. The van der Waals surface area contributed by atoms with Crippen LogP contribution in [0, 0.1) is 0 Å². The number of halogens is 1. The first kappa shape index (κ1) is 51.2. The van der Waals surface area contributed by atoms with Gasteiger partial charge in [0.05, 0.1) is 6.42 Å². The van der Waals surface area contributed by atoms with Crippen LogP contribution < -0.4 is 5.32 Å². The molecule has 1 saturated heterocycles. The van der Waals surface area contributed by atoms with E-state index in [4.69, 9.17) is 25.8 Å². The molecule has 6 aromatic carbocycles. The summed E-state index contributed by atoms with van der Waals surface area (Å²) in [5.74, 6) is -1.82. The molecule has 2 fully saturated rings. The summed E-state index contributed by atoms with van der Waals surface area (Å²) in [7, 11) is 0. The minimum absolute atomic E-state index is 0.0150. The van der Waals surface area contributed by atoms with Crippen LogP contribution >= 0.6 is 11.6 Å². The highest BCUT2D eigenvalue weighted by molar-refractivity contribution is 6.31. The molecule has 1 unspecified atom stereocenters. The molecule has 1 heterocycles. The van der Waals surface area contributed by atoms with Crippen molar-refractivity contribution in [2.45, 2.75) is 132 Å². The molecule has 1 aliphatic heterocycles. The molecule has 0 spiro atoms. The van der Waals surface area contributed by atoms with E-state index in [0.717, 1.165) is 40.7 Å². The Morgan fingerprint density at radius 3 is 1.75 bits per heavy atom. The van der Waals surface area contributed by atoms with Crippen molar-refractivity contribution in [3.63, 3.8) is 0 Å². The van der Waals surface area contributed by atoms with Crippen LogP contribution in [0.1, 0.15) is 148 Å². The van der Waals surface area contributed by atoms with E-state index < -0.39 is 53.6 Å². The third-order valence-electron chi connectivity index (χ3n) is 15.3. The number of hydrogen-bond donors (Lipinski definition) is 1. The zero-order valence-electron chi connectivity index (χ0n) is 42.1. The van der Waals surface area contributed by atoms with Crippen LogP contribution in [-0.4, -0.2) is 54.1 Å². The average Bonchev–Trinajstić information content (AvgIpc) is 4.02. The highest BCUT2D eigenvalue weighted by Crippen LogP contribution is 2.46. The first-order valence-electron chi connectivity index (χ1n) is 26.4. The van der Waals surface area contributed by atoms with Crippen molar-refractivity contribution in [1.29, 1.82) is 0 Å². The molecule has 3 atom stereocenters. The van der Waals surface area contributed by atoms with Gasteiger partial charge in [0, 0.05) is 34.2 Å². The Bertz CT molecular complexity index is 2790. The predicted molar refractivity (Wildman–Crippen MR) is 286 cm³/mol. The van der Waals surface area contributed by atoms with Gasteiger partial charge in [-0.15, -0.1) is 0 Å². The van der Waals surface area contributed by atoms with Crippen molar-refractivity contribution in [3.05, 3.63) is 202 Å². The van der Waals surface area contributed by atoms with Crippen LogP contribution in [0.3, 0.4) is 0 Å². The Kier molecular flexibility index (Phi) is 16.4. The molecule has 10 heteroatoms. The van der Waals surface area contributed by atoms with Crippen LogP contribution in [0.15, 0.2) is 158 Å². The largest absolute Gasteiger partial charge is 0.453 e. The van der Waals surface area contributed by atoms with Gasteiger partial charge < -0.3 is 24.4 Å². The summed E-state index contributed by atoms with van der Waals surface area (Å²) in [4.78, 5) is 60.0. The Balaban J connectivity index is 1.03. The summed E-state index contributed by atoms with van der Waals surface area (Å²) in [5.41, 5.74) is 5.53. The number of carbonyl (C=O) groups excluding carboxylic acids is 4. The summed E-state index contributed by atoms with van der Waals surface area (Å²) < 4.78 is 19.0. The second-order valence-electron chi connectivity index (χ2n) is 20.4. The molecule has 0 aromatic heterocycles. The number of carbonyl (C=O) groups is 4. The van der Waals surface area contributed by atoms with Gasteiger partial charge in [0.15, 0.2) is 5.60 Å². The Morgan fingerprint density at radius 2 is 1.14 bits per heavy atom. The van der Waals surface area contributed by atoms with E-state index in [1.54, 1.807) is 6.07 Å². The van der Waals surface area contributed by atoms with Crippen LogP contribution in [0.2, 0.25) is 5.02 Å². The zero-order valence-corrected chi connectivity index (χ0v) is 42.9. The average molecular weight is 1000 g/mol. The number of fused-ring (bicyclic) bond motifs is 3. The summed E-state index contributed by atoms with van der Waals surface area (Å²) in [6, 6.07) is 48.3. The summed E-state index contributed by atoms with van der Waals surface area (Å²) in [6.45, 7) is 3.82. The van der Waals surface area contributed by atoms with Gasteiger partial charge in [0.2, 0.25) is 5.91 Å². The van der Waals surface area contributed by atoms with Gasteiger partial charge in [-0.25, -0.2) is 9.59 Å². The van der Waals surface area contributed by atoms with E-state index >= 15 is 9.59 Å². The van der Waals surface area contributed by atoms with E-state index in [1.807, 2.05) is 141 Å². The van der Waals surface area contributed by atoms with Crippen molar-refractivity contribution >= 4 is 35.5 Å². The molecule has 6 aromatic rings. The number of esters is 2. The van der Waals surface area contributed by atoms with Gasteiger partial charge >= 0.3 is 18.0 Å². The molecule has 2 aliphatic carbocycles. The minimum Gasteiger partial charge on any atom is -0.453 e. The van der Waals surface area contributed by atoms with Crippen LogP contribution in [-0.2, 0) is 39.8 Å². The number of benzene rings is 6. The van der Waals surface area contributed by atoms with Gasteiger partial charge in [-0.3, -0.25) is 9.59 Å². The Labute approximate surface area is 435 Å². The van der Waals surface area contributed by atoms with Crippen LogP contribution in [0.25, 0.3) is 11.1 Å². The first-order chi connectivity index (χ1) is 35.5. The maximum Gasteiger partial charge on any atom is 0.407 e. The second-order valence-corrected chi connectivity index (χ2v) is 20.8. The van der Waals surface area contributed by atoms with Crippen LogP contribution in [0.5, 0.6) is 0 Å². The van der Waals surface area contributed by atoms with Crippen LogP contribution in [0.4, 0.5) is 4.79 Å². The molecule has 73 heavy (non-hydrogen) atoms. The number of hydrogen-bond acceptors (Lipinski definition) is 7. The highest BCUT2D eigenvalue weighted by atomic mass is 35.5. The lowest BCUT2D eigenvalue weighted by atomic mass is 9.78. The standard InChI is InChI=1S/C63H67ClN2O7/c1-62(2,46-26-13-9-14-27-46)73-60(69)57-36-23-41-66(57)59(68)56(65-61(70)71-43-53-51-32-19-17-30-49(51)50-31-18-20-33-52(50)53)42-58(67)72-63(47-28-15-10-16-29-47,54-34-21-22-35-55(54)64)48-39-37-45(38-40-48)44-24-11-7-5-3-4-6-8-12-25-44/h9-10,13-22,26-35,37-40,44,53,56-57H,3-8,11-12,23-25,36,41-43H2,1-2H3,(H,65,70)/t56-,57-,63?/m0/s1. The first-order valence-corrected chi connectivity index (χ1v) is 26.7. The molecule has 378 valence electrons. The third-order valence-corrected chi connectivity index (χ3v) is 15.6. The lowest BCUT2D eigenvalue weighted by molar-refractivity contribution is -0.166. The molecule has 1 N–H and O–H groups in total. The van der Waals surface area contributed by atoms with Gasteiger partial charge in [0.1, 0.15) is 24.3 Å². The minimum atomic E-state index is -1.58. The molecule has 1 saturated carbocycles. The van der Waals surface area contributed by atoms with Gasteiger partial charge in [-0.05, 0) is 84.9 Å². The monoisotopic (exact) mass is 998 g/mol. The molecule has 9 rings (SSSR count). The maximum absolute atomic E-state index is 15.2. The second kappa shape index (κ2) is 23.4. The summed E-state index contributed by atoms with van der Waals surface area (Å²) in [5, 5.41) is 3.16. The number of amides is 2. The molecular formula is C63H67ClN2O7. The maximum atomic E-state index is 15.2. The van der Waals surface area contributed by atoms with E-state index in [2.05, 4.69) is 29.6 Å². The smallest absolute Gasteiger partial charge is 0.407 e. The molecule has 0 radical (unpaired) electrons. The third kappa shape index (κ3) is 11.6. The zero-order chi connectivity index (χ0) is 50.8. The quantitative estimate of drug-likeness (QED) is 0.0657. The van der Waals surface area contributed by atoms with Crippen molar-refractivity contribution < 1.29 is 33.4 Å². The van der Waals surface area contributed by atoms with Crippen molar-refractivity contribution in [3.8, 4) is 11.1 Å². The fraction of sp³-hybridized carbons (Fsp3) is 0.365. The lowest BCUT2D eigenvalue weighted by Crippen LogP contribution is -2.53. The number of likely N-dealkylation sites (tertiary alicyclic amines) is 1. The van der Waals surface area contributed by atoms with E-state index in [0.29, 0.717) is 40.5 Å². The number of alkyl carbamates (subject to hydrolysis) is 1. The number of rotatable bonds is 14. The number of nitrogens with zero attached hydrogens (tertiary/aromatic N) is 1. The van der Waals surface area contributed by atoms with E-state index in [-0.39, 0.29) is 19.1 Å². The molecular weight excluding hydrogens is 932 g/mol. The SMILES string of the molecule is CC(C)(OC(=O)[C@@H]1CCCN1C(=O)[C@H](CC(=O)OC(c1ccccc1)(c1ccc(C2CCCCCCCCCC2)cc1)c1ccccc1Cl)NC(=O)OCC1c2ccccc2-c2ccccc21)c1ccccc1. The van der Waals surface area contributed by atoms with Crippen molar-refractivity contribution in [1.82, 2.24) is 10.2 Å². The topological polar surface area (TPSA) is 111 Å². The molecule has 3 aliphatic rings. The number of ether oxygens (including phenoxy) is 3. The molecule has 2 amide bonds. The Morgan fingerprint density at radius 1 is 0.603 bits per heavy atom. The Hall–Kier alpha value is -6.71. The van der Waals surface area contributed by atoms with Gasteiger partial charge in [-0.2, -0.15) is 0 Å². The van der Waals surface area contributed by atoms with Crippen molar-refractivity contribution in [2.75, 3.05) is 13.2 Å². The summed E-state index contributed by atoms with van der Waals surface area (Å²) >= 11 is 7.14. The van der Waals surface area contributed by atoms with Gasteiger partial charge in [0.25, 0.3) is 0 Å². The normalized spacial score (nSPS) is 17.7. The summed E-state index contributed by atoms with van der Waals surface area (Å²) in [6.07, 6.45) is 11.7. The lowest BCUT2D eigenvalue weighted by Gasteiger charge is -2.37. The molecule has 0 bridgehead atoms. The fourth-order valence-corrected chi connectivity index (χ4v) is 11.7. The molecule has 9 nitrogen and oxygen atoms in total. The van der Waals surface area contributed by atoms with E-state index in [9.17, 15) is 9.59 Å². The highest BCUT2D eigenvalue weighted by Gasteiger charge is 2.45. The van der Waals surface area contributed by atoms with Crippen molar-refractivity contribution in [2.24, 2.45) is 0 Å². The van der Waals surface area contributed by atoms with Gasteiger partial charge in [-0.1, -0.05) is 215 Å². The number of nitrogens with one attached hydrogen (secondary N) is 1.